The third kappa shape index (κ3) is 9.47. The number of aliphatic hydroxyl groups excluding tert-OH is 1. The fourth-order valence-corrected chi connectivity index (χ4v) is 41.9. The number of pyridine rings is 1. The van der Waals surface area contributed by atoms with Crippen LogP contribution in [0.1, 0.15) is 85.3 Å². The van der Waals surface area contributed by atoms with Gasteiger partial charge in [-0.15, -0.1) is 40.5 Å². The van der Waals surface area contributed by atoms with E-state index in [1.807, 2.05) is 45.2 Å². The number of allylic oxidation sites excluding steroid dienone is 2. The summed E-state index contributed by atoms with van der Waals surface area (Å²) >= 11 is 1.93. The molecule has 307 valence electrons. The molecule has 0 atom stereocenters. The zero-order valence-electron chi connectivity index (χ0n) is 37.4. The van der Waals surface area contributed by atoms with Gasteiger partial charge in [0, 0.05) is 83.5 Å². The van der Waals surface area contributed by atoms with Gasteiger partial charge in [-0.05, 0) is 63.9 Å². The van der Waals surface area contributed by atoms with Crippen LogP contribution in [-0.2, 0) is 34.6 Å². The first-order valence-electron chi connectivity index (χ1n) is 20.7. The number of ketones is 1. The van der Waals surface area contributed by atoms with Crippen molar-refractivity contribution in [2.45, 2.75) is 143 Å². The molecule has 2 heterocycles. The zero-order chi connectivity index (χ0) is 41.3. The summed E-state index contributed by atoms with van der Waals surface area (Å²) < 4.78 is 3.05. The summed E-state index contributed by atoms with van der Waals surface area (Å²) in [7, 11) is -4.73. The molecule has 0 bridgehead atoms. The van der Waals surface area contributed by atoms with Crippen LogP contribution in [0.2, 0.25) is 58.9 Å². The average molecular weight is 1000 g/mol. The van der Waals surface area contributed by atoms with E-state index < -0.39 is 24.2 Å². The molecule has 0 saturated carbocycles. The van der Waals surface area contributed by atoms with E-state index in [-0.39, 0.29) is 48.9 Å². The van der Waals surface area contributed by atoms with Crippen LogP contribution >= 0.6 is 11.3 Å². The van der Waals surface area contributed by atoms with Gasteiger partial charge in [0.2, 0.25) is 0 Å². The van der Waals surface area contributed by atoms with Gasteiger partial charge < -0.3 is 5.11 Å². The maximum atomic E-state index is 11.7. The van der Waals surface area contributed by atoms with Crippen molar-refractivity contribution in [2.75, 3.05) is 0 Å². The molecule has 2 aromatic heterocycles. The average Bonchev–Trinajstić information content (AvgIpc) is 3.45. The molecule has 0 aliphatic rings. The van der Waals surface area contributed by atoms with E-state index in [0.717, 1.165) is 42.3 Å². The van der Waals surface area contributed by atoms with Gasteiger partial charge in [0.05, 0.1) is 5.76 Å². The van der Waals surface area contributed by atoms with E-state index >= 15 is 0 Å². The minimum absolute atomic E-state index is 0. The second-order valence-electron chi connectivity index (χ2n) is 19.7. The Morgan fingerprint density at radius 1 is 0.768 bits per heavy atom. The van der Waals surface area contributed by atoms with Gasteiger partial charge in [-0.3, -0.25) is 9.78 Å². The van der Waals surface area contributed by atoms with Gasteiger partial charge in [0.15, 0.2) is 5.78 Å². The molecule has 1 radical (unpaired) electrons. The first kappa shape index (κ1) is 48.2. The first-order valence-corrected chi connectivity index (χ1v) is 32.0. The summed E-state index contributed by atoms with van der Waals surface area (Å²) in [4.78, 5) is 16.7. The van der Waals surface area contributed by atoms with Crippen LogP contribution in [0.5, 0.6) is 0 Å². The van der Waals surface area contributed by atoms with Crippen LogP contribution in [0.3, 0.4) is 0 Å². The molecular weight excluding hydrogens is 931 g/mol. The molecule has 0 aliphatic heterocycles. The summed E-state index contributed by atoms with van der Waals surface area (Å²) in [6, 6.07) is 24.5. The Morgan fingerprint density at radius 2 is 1.32 bits per heavy atom. The molecule has 1 N–H and O–H groups in total. The predicted octanol–water partition coefficient (Wildman–Crippen LogP) is 15.1. The minimum Gasteiger partial charge on any atom is -0.512 e. The number of rotatable bonds is 12. The SMILES string of the molecule is CC(C)(C)c1cc(-c2nccc3c2sc2cc(C([Si](C)(C)C)([Si](C)(C)C)[Si](C)(C)C)ccc23)[c-]c2ccccc12.CCC(CC)C(=O)/C=C(\O)C(CC)CC.[Ir]. The second-order valence-corrected chi connectivity index (χ2v) is 38.0. The number of hydrogen-bond acceptors (Lipinski definition) is 4. The van der Waals surface area contributed by atoms with Crippen molar-refractivity contribution >= 4 is 72.3 Å². The molecule has 0 fully saturated rings. The van der Waals surface area contributed by atoms with Crippen molar-refractivity contribution in [1.82, 2.24) is 4.98 Å². The molecule has 5 aromatic rings. The second kappa shape index (κ2) is 18.4. The number of fused-ring (bicyclic) bond motifs is 4. The number of aromatic nitrogens is 1. The Labute approximate surface area is 360 Å². The molecule has 0 unspecified atom stereocenters. The molecule has 3 aromatic carbocycles. The Kier molecular flexibility index (Phi) is 15.8. The third-order valence-corrected chi connectivity index (χ3v) is 34.4. The number of carbonyl (C=O) groups excluding carboxylic acids is 1. The monoisotopic (exact) mass is 1000 g/mol. The Balaban J connectivity index is 0.000000448. The molecule has 0 amide bonds. The van der Waals surface area contributed by atoms with Crippen LogP contribution in [0.25, 0.3) is 42.2 Å². The van der Waals surface area contributed by atoms with Crippen LogP contribution in [-0.4, -0.2) is 40.1 Å². The standard InChI is InChI=1S/C35H46NSSi3.C13H24O2.Ir/c1-34(2,3)30-22-25(21-24-15-13-14-16-27(24)30)32-33-29(19-20-36-32)28-18-17-26(23-31(28)37-33)35(38(4,5)6,39(7,8)9)40(10,11)12;1-5-10(6-2)12(14)9-13(15)11(7-3)8-4;/h13-20,22-23H,1-12H3;9-11,14H,5-8H2,1-4H3;/q-1;;/b;12-9-;. The molecule has 56 heavy (non-hydrogen) atoms. The van der Waals surface area contributed by atoms with Gasteiger partial charge >= 0.3 is 0 Å². The van der Waals surface area contributed by atoms with Crippen molar-refractivity contribution < 1.29 is 30.0 Å². The van der Waals surface area contributed by atoms with Crippen molar-refractivity contribution in [1.29, 1.82) is 0 Å². The van der Waals surface area contributed by atoms with Gasteiger partial charge in [-0.25, -0.2) is 0 Å². The topological polar surface area (TPSA) is 50.2 Å². The maximum absolute atomic E-state index is 11.7. The molecule has 0 saturated heterocycles. The molecular formula is C48H70IrNO2SSi3-. The summed E-state index contributed by atoms with van der Waals surface area (Å²) in [5.74, 6) is 0.547. The van der Waals surface area contributed by atoms with Gasteiger partial charge in [-0.1, -0.05) is 149 Å². The van der Waals surface area contributed by atoms with Crippen molar-refractivity contribution in [3.63, 3.8) is 0 Å². The maximum Gasteiger partial charge on any atom is 0.162 e. The molecule has 8 heteroatoms. The number of nitrogens with zero attached hydrogens (tertiary/aromatic N) is 1. The Bertz CT molecular complexity index is 2120. The van der Waals surface area contributed by atoms with Crippen LogP contribution in [0, 0.1) is 17.9 Å². The summed E-state index contributed by atoms with van der Waals surface area (Å²) in [5, 5.41) is 14.9. The van der Waals surface area contributed by atoms with E-state index in [1.54, 1.807) is 5.56 Å². The first-order chi connectivity index (χ1) is 25.5. The third-order valence-electron chi connectivity index (χ3n) is 12.1. The van der Waals surface area contributed by atoms with Gasteiger partial charge in [0.1, 0.15) is 0 Å². The molecule has 5 rings (SSSR count). The van der Waals surface area contributed by atoms with E-state index in [1.165, 1.54) is 37.2 Å². The van der Waals surface area contributed by atoms with Crippen LogP contribution in [0.4, 0.5) is 0 Å². The number of benzene rings is 3. The fourth-order valence-electron chi connectivity index (χ4n) is 10.6. The Hall–Kier alpha value is -2.20. The molecule has 3 nitrogen and oxygen atoms in total. The Morgan fingerprint density at radius 3 is 1.84 bits per heavy atom. The van der Waals surface area contributed by atoms with Crippen LogP contribution < -0.4 is 0 Å². The number of aliphatic hydroxyl groups is 1. The zero-order valence-corrected chi connectivity index (χ0v) is 43.6. The molecule has 0 aliphatic carbocycles. The van der Waals surface area contributed by atoms with E-state index in [4.69, 9.17) is 4.98 Å². The summed E-state index contributed by atoms with van der Waals surface area (Å²) in [5.41, 5.74) is 5.15. The van der Waals surface area contributed by atoms with Gasteiger partial charge in [-0.2, -0.15) is 0 Å². The van der Waals surface area contributed by atoms with E-state index in [2.05, 4.69) is 140 Å². The fraction of sp³-hybridized carbons (Fsp3) is 0.500. The van der Waals surface area contributed by atoms with Crippen molar-refractivity contribution in [2.24, 2.45) is 11.8 Å². The molecule has 0 spiro atoms. The van der Waals surface area contributed by atoms with E-state index in [9.17, 15) is 9.90 Å². The number of hydrogen-bond donors (Lipinski definition) is 1. The van der Waals surface area contributed by atoms with Crippen LogP contribution in [0.15, 0.2) is 72.6 Å². The van der Waals surface area contributed by atoms with Gasteiger partial charge in [0.25, 0.3) is 0 Å². The smallest absolute Gasteiger partial charge is 0.162 e. The summed E-state index contributed by atoms with van der Waals surface area (Å²) in [6.45, 7) is 38.6. The van der Waals surface area contributed by atoms with E-state index in [0.29, 0.717) is 4.28 Å². The number of thiophene rings is 1. The summed E-state index contributed by atoms with van der Waals surface area (Å²) in [6.07, 6.45) is 6.90. The minimum atomic E-state index is -1.58. The quantitative estimate of drug-likeness (QED) is 0.0586. The van der Waals surface area contributed by atoms with Crippen molar-refractivity contribution in [3.8, 4) is 11.3 Å². The predicted molar refractivity (Wildman–Crippen MR) is 253 cm³/mol. The number of carbonyl (C=O) groups is 1. The normalized spacial score (nSPS) is 13.4. The van der Waals surface area contributed by atoms with Crippen molar-refractivity contribution in [3.05, 3.63) is 89.8 Å². The largest absolute Gasteiger partial charge is 0.512 e.